The zero-order valence-electron chi connectivity index (χ0n) is 15.5. The van der Waals surface area contributed by atoms with E-state index in [1.54, 1.807) is 25.1 Å². The summed E-state index contributed by atoms with van der Waals surface area (Å²) in [5, 5.41) is 3.09. The van der Waals surface area contributed by atoms with E-state index in [0.717, 1.165) is 12.8 Å². The number of anilines is 1. The first-order valence-electron chi connectivity index (χ1n) is 9.42. The molecule has 1 aliphatic rings. The molecule has 1 aliphatic carbocycles. The molecule has 1 aromatic carbocycles. The molecule has 1 amide bonds. The van der Waals surface area contributed by atoms with Crippen molar-refractivity contribution in [3.8, 4) is 0 Å². The lowest BCUT2D eigenvalue weighted by atomic mass is 9.96. The first kappa shape index (κ1) is 19.4. The molecule has 0 spiro atoms. The van der Waals surface area contributed by atoms with Crippen molar-refractivity contribution in [1.82, 2.24) is 4.68 Å². The van der Waals surface area contributed by atoms with Gasteiger partial charge >= 0.3 is 5.97 Å². The Morgan fingerprint density at radius 2 is 2.04 bits per heavy atom. The molecule has 3 rings (SSSR count). The van der Waals surface area contributed by atoms with Crippen molar-refractivity contribution in [1.29, 1.82) is 0 Å². The van der Waals surface area contributed by atoms with Gasteiger partial charge < -0.3 is 10.1 Å². The third-order valence-corrected chi connectivity index (χ3v) is 5.14. The molecule has 6 nitrogen and oxygen atoms in total. The molecule has 1 fully saturated rings. The summed E-state index contributed by atoms with van der Waals surface area (Å²) in [6, 6.07) is 7.26. The summed E-state index contributed by atoms with van der Waals surface area (Å²) in [7, 11) is 0. The summed E-state index contributed by atoms with van der Waals surface area (Å²) in [6.07, 6.45) is 9.90. The van der Waals surface area contributed by atoms with E-state index in [4.69, 9.17) is 16.3 Å². The van der Waals surface area contributed by atoms with Crippen molar-refractivity contribution in [2.24, 2.45) is 0 Å². The Balaban J connectivity index is 1.74. The van der Waals surface area contributed by atoms with Crippen molar-refractivity contribution in [3.63, 3.8) is 0 Å². The van der Waals surface area contributed by atoms with Crippen LogP contribution in [0, 0.1) is 0 Å². The monoisotopic (exact) mass is 390 g/mol. The first-order valence-corrected chi connectivity index (χ1v) is 9.80. The summed E-state index contributed by atoms with van der Waals surface area (Å²) in [6.45, 7) is 2.14. The fourth-order valence-corrected chi connectivity index (χ4v) is 3.78. The standard InChI is InChI=1S/C20H24ClN3O3/c1-2-27-20(26)16-10-6-11-17(21)19(16)22-18(25)14-23-12-7-13-24(23)15-8-4-3-5-9-15/h6-7,10-13,15H,2-5,8-9,14H2,1H3/p+1. The summed E-state index contributed by atoms with van der Waals surface area (Å²) >= 11 is 6.22. The third kappa shape index (κ3) is 4.69. The van der Waals surface area contributed by atoms with Crippen LogP contribution in [0.2, 0.25) is 5.02 Å². The minimum absolute atomic E-state index is 0.150. The van der Waals surface area contributed by atoms with Gasteiger partial charge in [-0.15, -0.1) is 4.68 Å². The number of aromatic nitrogens is 2. The summed E-state index contributed by atoms with van der Waals surface area (Å²) in [4.78, 5) is 24.8. The Bertz CT molecular complexity index is 813. The highest BCUT2D eigenvalue weighted by molar-refractivity contribution is 6.34. The van der Waals surface area contributed by atoms with Crippen LogP contribution in [0.3, 0.4) is 0 Å². The molecule has 0 saturated heterocycles. The number of carbonyl (C=O) groups is 2. The third-order valence-electron chi connectivity index (χ3n) is 4.82. The van der Waals surface area contributed by atoms with Crippen molar-refractivity contribution in [3.05, 3.63) is 47.2 Å². The number of halogens is 1. The van der Waals surface area contributed by atoms with Crippen LogP contribution in [0.25, 0.3) is 0 Å². The van der Waals surface area contributed by atoms with Gasteiger partial charge in [0.05, 0.1) is 35.1 Å². The topological polar surface area (TPSA) is 64.2 Å². The molecule has 27 heavy (non-hydrogen) atoms. The molecule has 0 atom stereocenters. The Labute approximate surface area is 164 Å². The van der Waals surface area contributed by atoms with E-state index in [1.807, 2.05) is 23.1 Å². The average Bonchev–Trinajstić information content (AvgIpc) is 3.12. The number of nitrogens with zero attached hydrogens (tertiary/aromatic N) is 2. The molecule has 144 valence electrons. The highest BCUT2D eigenvalue weighted by Gasteiger charge is 2.24. The maximum absolute atomic E-state index is 12.6. The first-order chi connectivity index (χ1) is 13.1. The number of hydrogen-bond donors (Lipinski definition) is 1. The van der Waals surface area contributed by atoms with E-state index in [0.29, 0.717) is 16.8 Å². The van der Waals surface area contributed by atoms with Gasteiger partial charge in [0, 0.05) is 6.07 Å². The molecule has 1 saturated carbocycles. The predicted octanol–water partition coefficient (Wildman–Crippen LogP) is 3.75. The molecule has 0 unspecified atom stereocenters. The fourth-order valence-electron chi connectivity index (χ4n) is 3.56. The molecule has 1 heterocycles. The maximum atomic E-state index is 12.6. The van der Waals surface area contributed by atoms with E-state index in [9.17, 15) is 9.59 Å². The van der Waals surface area contributed by atoms with Crippen LogP contribution in [-0.2, 0) is 16.1 Å². The van der Waals surface area contributed by atoms with Gasteiger partial charge in [0.15, 0.2) is 6.20 Å². The number of benzene rings is 1. The van der Waals surface area contributed by atoms with Gasteiger partial charge in [0.2, 0.25) is 6.54 Å². The van der Waals surface area contributed by atoms with Gasteiger partial charge in [0.1, 0.15) is 0 Å². The molecular formula is C20H25ClN3O3+. The number of hydrogen-bond acceptors (Lipinski definition) is 3. The lowest BCUT2D eigenvalue weighted by molar-refractivity contribution is -0.767. The minimum Gasteiger partial charge on any atom is -0.462 e. The number of para-hydroxylation sites is 1. The number of amides is 1. The normalized spacial score (nSPS) is 14.7. The molecule has 7 heteroatoms. The van der Waals surface area contributed by atoms with Crippen LogP contribution in [0.1, 0.15) is 55.4 Å². The van der Waals surface area contributed by atoms with E-state index in [1.165, 1.54) is 19.3 Å². The minimum atomic E-state index is -0.506. The quantitative estimate of drug-likeness (QED) is 0.603. The zero-order valence-corrected chi connectivity index (χ0v) is 16.2. The van der Waals surface area contributed by atoms with E-state index in [-0.39, 0.29) is 24.6 Å². The van der Waals surface area contributed by atoms with E-state index >= 15 is 0 Å². The second-order valence-electron chi connectivity index (χ2n) is 6.69. The van der Waals surface area contributed by atoms with Crippen molar-refractivity contribution in [2.45, 2.75) is 51.6 Å². The van der Waals surface area contributed by atoms with E-state index < -0.39 is 5.97 Å². The number of rotatable bonds is 6. The lowest BCUT2D eigenvalue weighted by Gasteiger charge is -2.20. The lowest BCUT2D eigenvalue weighted by Crippen LogP contribution is -2.48. The van der Waals surface area contributed by atoms with Gasteiger partial charge in [-0.1, -0.05) is 36.9 Å². The predicted molar refractivity (Wildman–Crippen MR) is 103 cm³/mol. The fraction of sp³-hybridized carbons (Fsp3) is 0.450. The van der Waals surface area contributed by atoms with Crippen molar-refractivity contribution in [2.75, 3.05) is 11.9 Å². The Hall–Kier alpha value is -2.34. The number of nitrogens with one attached hydrogen (secondary N) is 1. The molecule has 0 radical (unpaired) electrons. The molecular weight excluding hydrogens is 366 g/mol. The Morgan fingerprint density at radius 1 is 1.26 bits per heavy atom. The summed E-state index contributed by atoms with van der Waals surface area (Å²) in [5.41, 5.74) is 0.546. The SMILES string of the molecule is CCOC(=O)c1cccc(Cl)c1NC(=O)C[n+]1cccn1C1CCCCC1. The van der Waals surface area contributed by atoms with Crippen molar-refractivity contribution >= 4 is 29.2 Å². The van der Waals surface area contributed by atoms with Crippen LogP contribution in [0.15, 0.2) is 36.7 Å². The van der Waals surface area contributed by atoms with Crippen LogP contribution >= 0.6 is 11.6 Å². The summed E-state index contributed by atoms with van der Waals surface area (Å²) in [5.74, 6) is -0.747. The Morgan fingerprint density at radius 3 is 2.78 bits per heavy atom. The van der Waals surface area contributed by atoms with Gasteiger partial charge in [0.25, 0.3) is 5.91 Å². The van der Waals surface area contributed by atoms with Crippen LogP contribution in [0.4, 0.5) is 5.69 Å². The number of ether oxygens (including phenoxy) is 1. The number of esters is 1. The van der Waals surface area contributed by atoms with Crippen LogP contribution in [0.5, 0.6) is 0 Å². The van der Waals surface area contributed by atoms with Gasteiger partial charge in [-0.3, -0.25) is 4.79 Å². The highest BCUT2D eigenvalue weighted by atomic mass is 35.5. The summed E-state index contributed by atoms with van der Waals surface area (Å²) < 4.78 is 9.10. The second-order valence-corrected chi connectivity index (χ2v) is 7.10. The molecule has 2 aromatic rings. The van der Waals surface area contributed by atoms with Gasteiger partial charge in [-0.25, -0.2) is 4.79 Å². The molecule has 1 aromatic heterocycles. The van der Waals surface area contributed by atoms with Gasteiger partial charge in [-0.05, 0) is 31.9 Å². The van der Waals surface area contributed by atoms with Crippen LogP contribution < -0.4 is 10.00 Å². The highest BCUT2D eigenvalue weighted by Crippen LogP contribution is 2.28. The zero-order chi connectivity index (χ0) is 19.2. The van der Waals surface area contributed by atoms with Crippen molar-refractivity contribution < 1.29 is 19.0 Å². The largest absolute Gasteiger partial charge is 0.462 e. The molecule has 1 N–H and O–H groups in total. The molecule has 0 aliphatic heterocycles. The smallest absolute Gasteiger partial charge is 0.340 e. The number of carbonyl (C=O) groups excluding carboxylic acids is 2. The van der Waals surface area contributed by atoms with Crippen LogP contribution in [-0.4, -0.2) is 23.2 Å². The second kappa shape index (κ2) is 9.04. The maximum Gasteiger partial charge on any atom is 0.340 e. The Kier molecular flexibility index (Phi) is 6.50. The van der Waals surface area contributed by atoms with Gasteiger partial charge in [-0.2, -0.15) is 4.68 Å². The van der Waals surface area contributed by atoms with E-state index in [2.05, 4.69) is 10.00 Å². The molecule has 0 bridgehead atoms. The average molecular weight is 391 g/mol.